The third-order valence-corrected chi connectivity index (χ3v) is 3.38. The van der Waals surface area contributed by atoms with E-state index in [9.17, 15) is 4.79 Å². The molecule has 0 atom stereocenters. The molecule has 18 heavy (non-hydrogen) atoms. The number of hydrogen-bond donors (Lipinski definition) is 3. The Morgan fingerprint density at radius 1 is 1.39 bits per heavy atom. The van der Waals surface area contributed by atoms with E-state index in [2.05, 4.69) is 9.97 Å². The first-order valence-corrected chi connectivity index (χ1v) is 6.24. The molecule has 0 aliphatic heterocycles. The molecule has 3 N–H and O–H groups in total. The Morgan fingerprint density at radius 2 is 2.17 bits per heavy atom. The summed E-state index contributed by atoms with van der Waals surface area (Å²) in [4.78, 5) is 18.3. The Labute approximate surface area is 105 Å². The highest BCUT2D eigenvalue weighted by Gasteiger charge is 2.18. The average Bonchev–Trinajstić information content (AvgIpc) is 2.80. The van der Waals surface area contributed by atoms with Crippen molar-refractivity contribution in [2.45, 2.75) is 25.7 Å². The van der Waals surface area contributed by atoms with Gasteiger partial charge in [-0.1, -0.05) is 6.08 Å². The minimum Gasteiger partial charge on any atom is -0.396 e. The van der Waals surface area contributed by atoms with Crippen molar-refractivity contribution in [2.24, 2.45) is 5.92 Å². The number of H-pyrrole nitrogens is 1. The van der Waals surface area contributed by atoms with E-state index < -0.39 is 0 Å². The average molecular weight is 250 g/mol. The molecule has 1 heterocycles. The number of aliphatic hydroxyl groups is 2. The smallest absolute Gasteiger partial charge is 0.254 e. The minimum absolute atomic E-state index is 0.0179. The summed E-state index contributed by atoms with van der Waals surface area (Å²) in [7, 11) is 0. The van der Waals surface area contributed by atoms with Crippen LogP contribution in [0.5, 0.6) is 0 Å². The monoisotopic (exact) mass is 250 g/mol. The first kappa shape index (κ1) is 13.0. The number of hydrogen-bond acceptors (Lipinski definition) is 4. The van der Waals surface area contributed by atoms with Gasteiger partial charge >= 0.3 is 0 Å². The molecule has 5 heteroatoms. The van der Waals surface area contributed by atoms with Crippen molar-refractivity contribution in [2.75, 3.05) is 13.2 Å². The standard InChI is InChI=1S/C13H18N2O3/c16-6-9(7-17)2-1-3-10-4-5-11-12(10)14-8-15-13(11)18/h4,8-9,16-17H,1-3,5-7H2,(H,14,15,18). The molecular weight excluding hydrogens is 232 g/mol. The third kappa shape index (κ3) is 2.68. The molecule has 0 unspecified atom stereocenters. The molecule has 98 valence electrons. The van der Waals surface area contributed by atoms with E-state index in [1.807, 2.05) is 6.08 Å². The summed E-state index contributed by atoms with van der Waals surface area (Å²) in [6.07, 6.45) is 6.62. The summed E-state index contributed by atoms with van der Waals surface area (Å²) >= 11 is 0. The van der Waals surface area contributed by atoms with Gasteiger partial charge < -0.3 is 15.2 Å². The van der Waals surface area contributed by atoms with Gasteiger partial charge in [-0.15, -0.1) is 0 Å². The highest BCUT2D eigenvalue weighted by atomic mass is 16.3. The molecule has 1 aliphatic carbocycles. The molecule has 1 aromatic heterocycles. The number of rotatable bonds is 6. The van der Waals surface area contributed by atoms with Crippen LogP contribution in [0.15, 0.2) is 17.2 Å². The zero-order valence-electron chi connectivity index (χ0n) is 10.2. The van der Waals surface area contributed by atoms with E-state index in [0.717, 1.165) is 36.1 Å². The summed E-state index contributed by atoms with van der Waals surface area (Å²) in [6, 6.07) is 0. The lowest BCUT2D eigenvalue weighted by atomic mass is 10.0. The fourth-order valence-electron chi connectivity index (χ4n) is 2.26. The summed E-state index contributed by atoms with van der Waals surface area (Å²) in [6.45, 7) is 0.0358. The maximum absolute atomic E-state index is 11.5. The molecule has 1 aliphatic rings. The van der Waals surface area contributed by atoms with E-state index in [1.54, 1.807) is 0 Å². The first-order valence-electron chi connectivity index (χ1n) is 6.24. The quantitative estimate of drug-likeness (QED) is 0.685. The minimum atomic E-state index is -0.0603. The summed E-state index contributed by atoms with van der Waals surface area (Å²) < 4.78 is 0. The van der Waals surface area contributed by atoms with Crippen LogP contribution in [0.3, 0.4) is 0 Å². The van der Waals surface area contributed by atoms with Gasteiger partial charge in [0.2, 0.25) is 0 Å². The Morgan fingerprint density at radius 3 is 2.89 bits per heavy atom. The van der Waals surface area contributed by atoms with Gasteiger partial charge in [0.25, 0.3) is 5.56 Å². The van der Waals surface area contributed by atoms with Crippen molar-refractivity contribution >= 4 is 5.57 Å². The molecule has 5 nitrogen and oxygen atoms in total. The number of aliphatic hydroxyl groups excluding tert-OH is 2. The first-order chi connectivity index (χ1) is 8.76. The maximum atomic E-state index is 11.5. The van der Waals surface area contributed by atoms with Crippen LogP contribution in [0.1, 0.15) is 30.5 Å². The summed E-state index contributed by atoms with van der Waals surface area (Å²) in [5.41, 5.74) is 2.59. The maximum Gasteiger partial charge on any atom is 0.254 e. The fourth-order valence-corrected chi connectivity index (χ4v) is 2.26. The predicted molar refractivity (Wildman–Crippen MR) is 68.1 cm³/mol. The fraction of sp³-hybridized carbons (Fsp3) is 0.538. The van der Waals surface area contributed by atoms with Crippen LogP contribution in [0.25, 0.3) is 5.57 Å². The highest BCUT2D eigenvalue weighted by Crippen LogP contribution is 2.27. The Kier molecular flexibility index (Phi) is 4.28. The van der Waals surface area contributed by atoms with E-state index in [4.69, 9.17) is 10.2 Å². The largest absolute Gasteiger partial charge is 0.396 e. The van der Waals surface area contributed by atoms with Gasteiger partial charge in [-0.25, -0.2) is 4.98 Å². The topological polar surface area (TPSA) is 86.2 Å². The molecule has 0 fully saturated rings. The van der Waals surface area contributed by atoms with E-state index in [-0.39, 0.29) is 24.7 Å². The molecule has 0 aromatic carbocycles. The van der Waals surface area contributed by atoms with Crippen LogP contribution < -0.4 is 5.56 Å². The van der Waals surface area contributed by atoms with Crippen molar-refractivity contribution in [3.63, 3.8) is 0 Å². The Balaban J connectivity index is 1.94. The van der Waals surface area contributed by atoms with Crippen molar-refractivity contribution in [1.82, 2.24) is 9.97 Å². The number of aromatic amines is 1. The van der Waals surface area contributed by atoms with Gasteiger partial charge in [0.15, 0.2) is 0 Å². The number of fused-ring (bicyclic) bond motifs is 1. The number of aromatic nitrogens is 2. The van der Waals surface area contributed by atoms with Crippen molar-refractivity contribution in [3.8, 4) is 0 Å². The Bertz CT molecular complexity index is 489. The lowest BCUT2D eigenvalue weighted by Gasteiger charge is -2.10. The summed E-state index contributed by atoms with van der Waals surface area (Å²) in [5, 5.41) is 18.0. The molecule has 1 aromatic rings. The van der Waals surface area contributed by atoms with Crippen molar-refractivity contribution in [1.29, 1.82) is 0 Å². The predicted octanol–water partition coefficient (Wildman–Crippen LogP) is 0.480. The number of nitrogens with one attached hydrogen (secondary N) is 1. The van der Waals surface area contributed by atoms with E-state index >= 15 is 0 Å². The number of allylic oxidation sites excluding steroid dienone is 2. The lowest BCUT2D eigenvalue weighted by Crippen LogP contribution is -2.13. The van der Waals surface area contributed by atoms with Gasteiger partial charge in [0.1, 0.15) is 0 Å². The molecule has 0 bridgehead atoms. The number of nitrogens with zero attached hydrogens (tertiary/aromatic N) is 1. The molecular formula is C13H18N2O3. The lowest BCUT2D eigenvalue weighted by molar-refractivity contribution is 0.142. The van der Waals surface area contributed by atoms with Crippen molar-refractivity contribution < 1.29 is 10.2 Å². The normalized spacial score (nSPS) is 13.8. The van der Waals surface area contributed by atoms with Gasteiger partial charge in [-0.2, -0.15) is 0 Å². The van der Waals surface area contributed by atoms with E-state index in [1.165, 1.54) is 6.33 Å². The van der Waals surface area contributed by atoms with Gasteiger partial charge in [0, 0.05) is 24.7 Å². The van der Waals surface area contributed by atoms with Crippen LogP contribution in [0, 0.1) is 5.92 Å². The third-order valence-electron chi connectivity index (χ3n) is 3.38. The molecule has 0 radical (unpaired) electrons. The highest BCUT2D eigenvalue weighted by molar-refractivity contribution is 5.69. The molecule has 0 amide bonds. The van der Waals surface area contributed by atoms with Gasteiger partial charge in [-0.3, -0.25) is 4.79 Å². The van der Waals surface area contributed by atoms with Crippen LogP contribution in [-0.2, 0) is 6.42 Å². The summed E-state index contributed by atoms with van der Waals surface area (Å²) in [5.74, 6) is -0.0430. The second-order valence-electron chi connectivity index (χ2n) is 4.62. The molecule has 2 rings (SSSR count). The van der Waals surface area contributed by atoms with Crippen LogP contribution in [0.2, 0.25) is 0 Å². The van der Waals surface area contributed by atoms with Gasteiger partial charge in [-0.05, 0) is 31.3 Å². The molecule has 0 saturated carbocycles. The molecule has 0 saturated heterocycles. The molecule has 0 spiro atoms. The van der Waals surface area contributed by atoms with Crippen LogP contribution >= 0.6 is 0 Å². The van der Waals surface area contributed by atoms with Crippen LogP contribution in [-0.4, -0.2) is 33.4 Å². The van der Waals surface area contributed by atoms with Gasteiger partial charge in [0.05, 0.1) is 12.0 Å². The van der Waals surface area contributed by atoms with Crippen molar-refractivity contribution in [3.05, 3.63) is 34.0 Å². The Hall–Kier alpha value is -1.46. The van der Waals surface area contributed by atoms with E-state index in [0.29, 0.717) is 6.42 Å². The second-order valence-corrected chi connectivity index (χ2v) is 4.62. The van der Waals surface area contributed by atoms with Crippen LogP contribution in [0.4, 0.5) is 0 Å². The zero-order chi connectivity index (χ0) is 13.0. The zero-order valence-corrected chi connectivity index (χ0v) is 10.2. The second kappa shape index (κ2) is 5.93. The SMILES string of the molecule is O=c1[nH]cnc2c1CC=C2CCCC(CO)CO.